The van der Waals surface area contributed by atoms with E-state index in [1.54, 1.807) is 89.1 Å². The highest BCUT2D eigenvalue weighted by Crippen LogP contribution is 2.41. The predicted molar refractivity (Wildman–Crippen MR) is 466 cm³/mol. The van der Waals surface area contributed by atoms with Gasteiger partial charge in [0.05, 0.1) is 97.9 Å². The zero-order chi connectivity index (χ0) is 90.2. The molecule has 3 heterocycles. The number of likely N-dealkylation sites (N-methyl/N-ethyl adjacent to an activating group) is 1. The Morgan fingerprint density at radius 1 is 0.455 bits per heavy atom. The molecule has 4 atom stereocenters. The Labute approximate surface area is 749 Å². The van der Waals surface area contributed by atoms with E-state index >= 15 is 0 Å². The summed E-state index contributed by atoms with van der Waals surface area (Å²) in [4.78, 5) is 3.31. The molecule has 3 saturated carbocycles. The second-order valence-electron chi connectivity index (χ2n) is 29.6. The number of nitrogens with zero attached hydrogens (tertiary/aromatic N) is 7. The molecule has 3 aliphatic carbocycles. The first-order chi connectivity index (χ1) is 57.4. The predicted octanol–water partition coefficient (Wildman–Crippen LogP) is 21.0. The van der Waals surface area contributed by atoms with Gasteiger partial charge in [-0.1, -0.05) is 132 Å². The summed E-state index contributed by atoms with van der Waals surface area (Å²) >= 11 is 55.0. The van der Waals surface area contributed by atoms with E-state index in [0.29, 0.717) is 127 Å². The topological polar surface area (TPSA) is 243 Å². The highest BCUT2D eigenvalue weighted by molar-refractivity contribution is 7.87. The molecular formula is C80H81Cl6F11N10O10S6. The number of aliphatic hydroxyl groups is 1. The van der Waals surface area contributed by atoms with Crippen molar-refractivity contribution in [2.24, 2.45) is 0 Å². The van der Waals surface area contributed by atoms with Crippen LogP contribution in [-0.2, 0) is 30.4 Å². The highest BCUT2D eigenvalue weighted by atomic mass is 35.5. The second kappa shape index (κ2) is 40.8. The Hall–Kier alpha value is -7.24. The van der Waals surface area contributed by atoms with Crippen molar-refractivity contribution in [2.75, 3.05) is 31.4 Å². The lowest BCUT2D eigenvalue weighted by molar-refractivity contribution is -0.130. The molecule has 0 bridgehead atoms. The molecule has 3 aliphatic rings. The van der Waals surface area contributed by atoms with Crippen LogP contribution in [0.25, 0.3) is 50.8 Å². The number of rotatable bonds is 25. The van der Waals surface area contributed by atoms with Crippen LogP contribution in [0.4, 0.5) is 48.3 Å². The number of hydrogen-bond donors (Lipinski definition) is 4. The third-order valence-electron chi connectivity index (χ3n) is 20.2. The maximum absolute atomic E-state index is 13.6. The molecule has 123 heavy (non-hydrogen) atoms. The number of nitrogens with one attached hydrogen (secondary N) is 3. The van der Waals surface area contributed by atoms with Crippen molar-refractivity contribution in [1.82, 2.24) is 50.2 Å². The highest BCUT2D eigenvalue weighted by Gasteiger charge is 2.38. The summed E-state index contributed by atoms with van der Waals surface area (Å²) in [6.07, 6.45) is -11.3. The maximum Gasteiger partial charge on any atom is 0.390 e. The molecule has 12 rings (SSSR count). The number of aromatic nitrogens is 6. The number of benzene rings is 6. The molecule has 43 heteroatoms. The third kappa shape index (κ3) is 27.2. The monoisotopic (exact) mass is 1950 g/mol. The molecule has 20 nitrogen and oxygen atoms in total. The molecule has 4 unspecified atom stereocenters. The molecular weight excluding hydrogens is 1880 g/mol. The first kappa shape index (κ1) is 97.9. The summed E-state index contributed by atoms with van der Waals surface area (Å²) in [6, 6.07) is 32.1. The Kier molecular flexibility index (Phi) is 32.5. The van der Waals surface area contributed by atoms with Crippen LogP contribution in [0, 0.1) is 20.8 Å². The standard InChI is InChI=1S/C28H31Cl2F3N4O3S2.C26H24Cl2F5N3O3S2.C26H26Cl2F3N3O4S2/c1-17-25(27(41)34-22-6-4-5-7-24(22)36(2)3)35-37(23-13-10-19(29)16-21(23)30)26(17)18-8-11-20(12-9-18)40-42(38,39)15-14-28(31,32)33;1-15-22(24(40)34-18-8-10-25(29,30)11-9-18)35-36(21-7-4-17(27)14-20(21)28)23(15)16-2-5-19(6-3-16)39-41(37,38)13-12-26(31,32)33;1-15-23(25(39)32-20-4-2-3-5-22(20)35)33-34(21-11-8-17(27)14-19(21)28)24(15)16-6-9-18(10-7-16)38-40(36,37)13-12-26(29,30)31/h8-13,16,22,24H,4-7,14-15H2,1-3H3,(H,34,41);2-7,14,18H,8-13H2,1H3,(H,34,40);6-11,14,20,22,35H,2-5,12-13H2,1H3,(H,32,39). The van der Waals surface area contributed by atoms with Crippen molar-refractivity contribution in [1.29, 1.82) is 0 Å². The van der Waals surface area contributed by atoms with Crippen molar-refractivity contribution in [2.45, 2.75) is 172 Å². The molecule has 6 aromatic carbocycles. The summed E-state index contributed by atoms with van der Waals surface area (Å²) in [5.74, 6) is -6.70. The average molecular weight is 1960 g/mol. The van der Waals surface area contributed by atoms with Crippen LogP contribution in [0.15, 0.2) is 127 Å². The van der Waals surface area contributed by atoms with Gasteiger partial charge < -0.3 is 38.5 Å². The lowest BCUT2D eigenvalue weighted by Crippen LogP contribution is -2.51. The smallest absolute Gasteiger partial charge is 0.390 e. The normalized spacial score (nSPS) is 17.3. The lowest BCUT2D eigenvalue weighted by Gasteiger charge is -2.37. The summed E-state index contributed by atoms with van der Waals surface area (Å²) < 4.78 is 231. The number of hydrogen-bond acceptors (Lipinski definition) is 17. The number of thiocarbonyl (C=S) groups is 3. The zero-order valence-electron chi connectivity index (χ0n) is 65.9. The van der Waals surface area contributed by atoms with Crippen molar-refractivity contribution in [3.8, 4) is 68.1 Å². The molecule has 3 fully saturated rings. The van der Waals surface area contributed by atoms with Crippen molar-refractivity contribution in [3.05, 3.63) is 191 Å². The van der Waals surface area contributed by atoms with E-state index in [4.69, 9.17) is 129 Å². The quantitative estimate of drug-likeness (QED) is 0.0236. The molecule has 0 amide bonds. The van der Waals surface area contributed by atoms with Crippen molar-refractivity contribution < 1.29 is 91.2 Å². The third-order valence-corrected chi connectivity index (χ3v) is 26.2. The number of alkyl halides is 11. The van der Waals surface area contributed by atoms with Crippen LogP contribution < -0.4 is 28.5 Å². The minimum atomic E-state index is -4.64. The molecule has 9 aromatic rings. The van der Waals surface area contributed by atoms with Crippen LogP contribution in [0.2, 0.25) is 30.1 Å². The van der Waals surface area contributed by atoms with E-state index in [1.807, 2.05) is 13.8 Å². The Morgan fingerprint density at radius 2 is 0.748 bits per heavy atom. The SMILES string of the molecule is Cc1c(C(=S)NC2CCC(F)(F)CC2)nn(-c2ccc(Cl)cc2Cl)c1-c1ccc(OS(=O)(=O)CCC(F)(F)F)cc1.Cc1c(C(=S)NC2CCCCC2N(C)C)nn(-c2ccc(Cl)cc2Cl)c1-c1ccc(OS(=O)(=O)CCC(F)(F)F)cc1.Cc1c(C(=S)NC2CCCCC2O)nn(-c2ccc(Cl)cc2Cl)c1-c1ccc(OS(=O)(=O)CCC(F)(F)F)cc1. The average Bonchev–Trinajstić information content (AvgIpc) is 1.63. The van der Waals surface area contributed by atoms with E-state index in [9.17, 15) is 78.7 Å². The summed E-state index contributed by atoms with van der Waals surface area (Å²) in [5, 5.41) is 36.8. The summed E-state index contributed by atoms with van der Waals surface area (Å²) in [6.45, 7) is 5.45. The van der Waals surface area contributed by atoms with Gasteiger partial charge in [0.15, 0.2) is 0 Å². The fourth-order valence-corrected chi connectivity index (χ4v) is 19.4. The lowest BCUT2D eigenvalue weighted by atomic mass is 9.89. The van der Waals surface area contributed by atoms with Gasteiger partial charge in [-0.05, 0) is 201 Å². The van der Waals surface area contributed by atoms with Gasteiger partial charge in [0, 0.05) is 79.4 Å². The summed E-state index contributed by atoms with van der Waals surface area (Å²) in [7, 11) is -9.26. The second-order valence-corrected chi connectivity index (χ2v) is 38.5. The van der Waals surface area contributed by atoms with E-state index < -0.39 is 97.4 Å². The fraction of sp³-hybridized carbons (Fsp3) is 0.400. The first-order valence-electron chi connectivity index (χ1n) is 38.0. The largest absolute Gasteiger partial charge is 0.391 e. The molecule has 0 spiro atoms. The van der Waals surface area contributed by atoms with Gasteiger partial charge in [0.25, 0.3) is 0 Å². The summed E-state index contributed by atoms with van der Waals surface area (Å²) in [5.41, 5.74) is 8.45. The van der Waals surface area contributed by atoms with E-state index in [1.165, 1.54) is 59.3 Å². The molecule has 0 saturated heterocycles. The molecule has 666 valence electrons. The zero-order valence-corrected chi connectivity index (χ0v) is 75.3. The molecule has 4 N–H and O–H groups in total. The van der Waals surface area contributed by atoms with Gasteiger partial charge in [0.2, 0.25) is 5.92 Å². The minimum Gasteiger partial charge on any atom is -0.391 e. The number of halogens is 17. The van der Waals surface area contributed by atoms with Crippen LogP contribution >= 0.6 is 106 Å². The Bertz CT molecular complexity index is 5670. The fourth-order valence-electron chi connectivity index (χ4n) is 14.0. The number of aliphatic hydroxyl groups excluding tert-OH is 1. The first-order valence-corrected chi connectivity index (χ1v) is 46.2. The van der Waals surface area contributed by atoms with Crippen LogP contribution in [0.1, 0.15) is 130 Å². The Balaban J connectivity index is 0.000000193. The van der Waals surface area contributed by atoms with Gasteiger partial charge in [0.1, 0.15) is 49.3 Å². The minimum absolute atomic E-state index is 0.112. The molecule has 0 aliphatic heterocycles. The van der Waals surface area contributed by atoms with E-state index in [0.717, 1.165) is 50.5 Å². The van der Waals surface area contributed by atoms with Crippen molar-refractivity contribution in [3.63, 3.8) is 0 Å². The van der Waals surface area contributed by atoms with Crippen LogP contribution in [0.5, 0.6) is 17.2 Å². The van der Waals surface area contributed by atoms with E-state index in [-0.39, 0.29) is 71.1 Å². The van der Waals surface area contributed by atoms with Gasteiger partial charge in [-0.15, -0.1) is 0 Å². The van der Waals surface area contributed by atoms with Crippen LogP contribution in [-0.4, -0.2) is 166 Å². The maximum atomic E-state index is 13.6. The molecule has 0 radical (unpaired) electrons. The van der Waals surface area contributed by atoms with Crippen molar-refractivity contribution >= 4 is 152 Å². The van der Waals surface area contributed by atoms with Gasteiger partial charge in [-0.25, -0.2) is 22.8 Å². The Morgan fingerprint density at radius 3 is 1.05 bits per heavy atom. The van der Waals surface area contributed by atoms with Crippen LogP contribution in [0.3, 0.4) is 0 Å². The van der Waals surface area contributed by atoms with E-state index in [2.05, 4.69) is 40.0 Å². The van der Waals surface area contributed by atoms with Gasteiger partial charge in [-0.3, -0.25) is 0 Å². The molecule has 3 aromatic heterocycles. The van der Waals surface area contributed by atoms with Gasteiger partial charge in [-0.2, -0.15) is 80.1 Å². The van der Waals surface area contributed by atoms with Gasteiger partial charge >= 0.3 is 48.9 Å².